The molecule has 2 aromatic rings. The van der Waals surface area contributed by atoms with Gasteiger partial charge in [0.05, 0.1) is 5.69 Å². The minimum absolute atomic E-state index is 0.284. The second kappa shape index (κ2) is 6.55. The van der Waals surface area contributed by atoms with Crippen molar-refractivity contribution in [2.45, 2.75) is 39.8 Å². The van der Waals surface area contributed by atoms with Crippen molar-refractivity contribution in [2.24, 2.45) is 0 Å². The smallest absolute Gasteiger partial charge is 0.0596 e. The second-order valence-corrected chi connectivity index (χ2v) is 6.02. The molecule has 0 spiro atoms. The van der Waals surface area contributed by atoms with E-state index in [2.05, 4.69) is 69.1 Å². The molecule has 0 saturated heterocycles. The Morgan fingerprint density at radius 3 is 2.65 bits per heavy atom. The Hall–Kier alpha value is -1.13. The molecule has 1 unspecified atom stereocenters. The van der Waals surface area contributed by atoms with Gasteiger partial charge in [-0.2, -0.15) is 5.10 Å². The van der Waals surface area contributed by atoms with Crippen LogP contribution in [-0.4, -0.2) is 16.8 Å². The fraction of sp³-hybridized carbons (Fsp3) is 0.438. The number of hydrogen-bond donors (Lipinski definition) is 1. The molecule has 1 aromatic heterocycles. The molecule has 0 radical (unpaired) electrons. The van der Waals surface area contributed by atoms with E-state index in [4.69, 9.17) is 0 Å². The average molecular weight is 336 g/mol. The van der Waals surface area contributed by atoms with E-state index in [0.717, 1.165) is 23.1 Å². The summed E-state index contributed by atoms with van der Waals surface area (Å²) in [5, 5.41) is 7.94. The number of aromatic nitrogens is 2. The van der Waals surface area contributed by atoms with Gasteiger partial charge in [0.2, 0.25) is 0 Å². The van der Waals surface area contributed by atoms with E-state index in [1.54, 1.807) is 0 Å². The third-order valence-electron chi connectivity index (χ3n) is 3.58. The third-order valence-corrected chi connectivity index (χ3v) is 4.26. The lowest BCUT2D eigenvalue weighted by Crippen LogP contribution is -2.21. The van der Waals surface area contributed by atoms with Gasteiger partial charge >= 0.3 is 0 Å². The van der Waals surface area contributed by atoms with Crippen LogP contribution in [0.4, 0.5) is 0 Å². The largest absolute Gasteiger partial charge is 0.313 e. The number of rotatable bonds is 5. The topological polar surface area (TPSA) is 29.9 Å². The molecule has 1 atom stereocenters. The highest BCUT2D eigenvalue weighted by Crippen LogP contribution is 2.27. The zero-order chi connectivity index (χ0) is 14.7. The van der Waals surface area contributed by atoms with Gasteiger partial charge in [-0.1, -0.05) is 28.1 Å². The standard InChI is InChI=1S/C16H22BrN3/c1-5-20-13(9-12(3)19-20)10-16(18-4)14-7-6-11(2)8-15(14)17/h6-9,16,18H,5,10H2,1-4H3. The van der Waals surface area contributed by atoms with Crippen molar-refractivity contribution in [3.8, 4) is 0 Å². The third kappa shape index (κ3) is 3.30. The van der Waals surface area contributed by atoms with Gasteiger partial charge < -0.3 is 5.32 Å². The zero-order valence-corrected chi connectivity index (χ0v) is 14.2. The Kier molecular flexibility index (Phi) is 5.00. The molecule has 108 valence electrons. The number of aryl methyl sites for hydroxylation is 3. The SMILES string of the molecule is CCn1nc(C)cc1CC(NC)c1ccc(C)cc1Br. The highest BCUT2D eigenvalue weighted by atomic mass is 79.9. The highest BCUT2D eigenvalue weighted by Gasteiger charge is 2.16. The summed E-state index contributed by atoms with van der Waals surface area (Å²) in [6, 6.07) is 8.98. The van der Waals surface area contributed by atoms with Crippen molar-refractivity contribution >= 4 is 15.9 Å². The van der Waals surface area contributed by atoms with Crippen LogP contribution < -0.4 is 5.32 Å². The van der Waals surface area contributed by atoms with Gasteiger partial charge in [0, 0.05) is 29.2 Å². The lowest BCUT2D eigenvalue weighted by atomic mass is 10.0. The maximum atomic E-state index is 4.52. The summed E-state index contributed by atoms with van der Waals surface area (Å²) in [5.74, 6) is 0. The lowest BCUT2D eigenvalue weighted by molar-refractivity contribution is 0.539. The van der Waals surface area contributed by atoms with Crippen LogP contribution in [0.5, 0.6) is 0 Å². The van der Waals surface area contributed by atoms with Gasteiger partial charge in [0.1, 0.15) is 0 Å². The summed E-state index contributed by atoms with van der Waals surface area (Å²) in [5.41, 5.74) is 4.92. The predicted octanol–water partition coefficient (Wildman–Crippen LogP) is 3.79. The number of benzene rings is 1. The van der Waals surface area contributed by atoms with Gasteiger partial charge in [0.25, 0.3) is 0 Å². The number of likely N-dealkylation sites (N-methyl/N-ethyl adjacent to an activating group) is 1. The van der Waals surface area contributed by atoms with Crippen LogP contribution in [0.15, 0.2) is 28.7 Å². The van der Waals surface area contributed by atoms with Crippen LogP contribution in [0.1, 0.15) is 35.5 Å². The second-order valence-electron chi connectivity index (χ2n) is 5.16. The lowest BCUT2D eigenvalue weighted by Gasteiger charge is -2.19. The summed E-state index contributed by atoms with van der Waals surface area (Å²) in [6.07, 6.45) is 0.937. The maximum Gasteiger partial charge on any atom is 0.0596 e. The molecule has 3 nitrogen and oxygen atoms in total. The van der Waals surface area contributed by atoms with E-state index in [-0.39, 0.29) is 6.04 Å². The Bertz CT molecular complexity index is 589. The molecule has 0 aliphatic carbocycles. The predicted molar refractivity (Wildman–Crippen MR) is 87.0 cm³/mol. The van der Waals surface area contributed by atoms with Crippen molar-refractivity contribution in [1.82, 2.24) is 15.1 Å². The van der Waals surface area contributed by atoms with Crippen LogP contribution >= 0.6 is 15.9 Å². The Balaban J connectivity index is 2.28. The normalized spacial score (nSPS) is 12.7. The van der Waals surface area contributed by atoms with Crippen molar-refractivity contribution in [3.63, 3.8) is 0 Å². The quantitative estimate of drug-likeness (QED) is 0.900. The fourth-order valence-electron chi connectivity index (χ4n) is 2.53. The van der Waals surface area contributed by atoms with Crippen molar-refractivity contribution in [1.29, 1.82) is 0 Å². The van der Waals surface area contributed by atoms with E-state index in [9.17, 15) is 0 Å². The first-order valence-corrected chi connectivity index (χ1v) is 7.81. The summed E-state index contributed by atoms with van der Waals surface area (Å²) in [6.45, 7) is 7.20. The molecule has 0 saturated carbocycles. The van der Waals surface area contributed by atoms with Crippen LogP contribution in [-0.2, 0) is 13.0 Å². The Labute approximate surface area is 129 Å². The van der Waals surface area contributed by atoms with E-state index in [1.165, 1.54) is 16.8 Å². The highest BCUT2D eigenvalue weighted by molar-refractivity contribution is 9.10. The molecule has 0 fully saturated rings. The number of halogens is 1. The summed E-state index contributed by atoms with van der Waals surface area (Å²) >= 11 is 3.68. The van der Waals surface area contributed by atoms with Gasteiger partial charge in [-0.15, -0.1) is 0 Å². The molecule has 0 bridgehead atoms. The van der Waals surface area contributed by atoms with Crippen molar-refractivity contribution in [2.75, 3.05) is 7.05 Å². The van der Waals surface area contributed by atoms with Gasteiger partial charge in [-0.25, -0.2) is 0 Å². The molecule has 4 heteroatoms. The first-order chi connectivity index (χ1) is 9.55. The number of nitrogens with zero attached hydrogens (tertiary/aromatic N) is 2. The van der Waals surface area contributed by atoms with Crippen molar-refractivity contribution < 1.29 is 0 Å². The van der Waals surface area contributed by atoms with E-state index >= 15 is 0 Å². The molecule has 20 heavy (non-hydrogen) atoms. The molecule has 0 aliphatic heterocycles. The minimum Gasteiger partial charge on any atom is -0.313 e. The summed E-state index contributed by atoms with van der Waals surface area (Å²) < 4.78 is 3.25. The molecule has 2 rings (SSSR count). The number of nitrogens with one attached hydrogen (secondary N) is 1. The average Bonchev–Trinajstić information content (AvgIpc) is 2.76. The number of hydrogen-bond acceptors (Lipinski definition) is 2. The minimum atomic E-state index is 0.284. The van der Waals surface area contributed by atoms with E-state index in [0.29, 0.717) is 0 Å². The van der Waals surface area contributed by atoms with Crippen LogP contribution in [0.25, 0.3) is 0 Å². The maximum absolute atomic E-state index is 4.52. The van der Waals surface area contributed by atoms with Gasteiger partial charge in [-0.05, 0) is 51.1 Å². The molecule has 0 amide bonds. The van der Waals surface area contributed by atoms with Crippen molar-refractivity contribution in [3.05, 3.63) is 51.3 Å². The van der Waals surface area contributed by atoms with E-state index < -0.39 is 0 Å². The molecule has 1 N–H and O–H groups in total. The molecule has 0 aliphatic rings. The Morgan fingerprint density at radius 1 is 1.30 bits per heavy atom. The summed E-state index contributed by atoms with van der Waals surface area (Å²) in [4.78, 5) is 0. The van der Waals surface area contributed by atoms with Gasteiger partial charge in [-0.3, -0.25) is 4.68 Å². The fourth-order valence-corrected chi connectivity index (χ4v) is 3.30. The molecule has 1 aromatic carbocycles. The molecule has 1 heterocycles. The monoisotopic (exact) mass is 335 g/mol. The molecular formula is C16H22BrN3. The van der Waals surface area contributed by atoms with Gasteiger partial charge in [0.15, 0.2) is 0 Å². The van der Waals surface area contributed by atoms with Crippen LogP contribution in [0, 0.1) is 13.8 Å². The van der Waals surface area contributed by atoms with Crippen LogP contribution in [0.2, 0.25) is 0 Å². The first-order valence-electron chi connectivity index (χ1n) is 7.01. The molecular weight excluding hydrogens is 314 g/mol. The van der Waals surface area contributed by atoms with E-state index in [1.807, 2.05) is 14.0 Å². The summed E-state index contributed by atoms with van der Waals surface area (Å²) in [7, 11) is 2.01. The van der Waals surface area contributed by atoms with Crippen LogP contribution in [0.3, 0.4) is 0 Å². The Morgan fingerprint density at radius 2 is 2.05 bits per heavy atom. The zero-order valence-electron chi connectivity index (χ0n) is 12.6. The first kappa shape index (κ1) is 15.3.